The van der Waals surface area contributed by atoms with Gasteiger partial charge < -0.3 is 5.32 Å². The van der Waals surface area contributed by atoms with Crippen molar-refractivity contribution < 1.29 is 9.63 Å². The van der Waals surface area contributed by atoms with E-state index < -0.39 is 5.54 Å². The van der Waals surface area contributed by atoms with Crippen LogP contribution in [0.1, 0.15) is 48.9 Å². The molecule has 1 aliphatic rings. The number of benzene rings is 4. The van der Waals surface area contributed by atoms with Gasteiger partial charge in [-0.3, -0.25) is 9.63 Å². The van der Waals surface area contributed by atoms with Gasteiger partial charge in [-0.25, -0.2) is 10.1 Å². The van der Waals surface area contributed by atoms with Crippen molar-refractivity contribution >= 4 is 39.4 Å². The minimum Gasteiger partial charge on any atom is -0.356 e. The van der Waals surface area contributed by atoms with Gasteiger partial charge in [-0.2, -0.15) is 0 Å². The van der Waals surface area contributed by atoms with Crippen molar-refractivity contribution in [2.45, 2.75) is 32.2 Å². The van der Waals surface area contributed by atoms with Gasteiger partial charge >= 0.3 is 0 Å². The number of carbonyl (C=O) groups excluding carboxylic acids is 1. The molecule has 4 aromatic carbocycles. The molecule has 0 saturated carbocycles. The number of carbonyl (C=O) groups is 1. The smallest absolute Gasteiger partial charge is 0.273 e. The van der Waals surface area contributed by atoms with Crippen molar-refractivity contribution in [1.82, 2.24) is 10.4 Å². The molecule has 0 aliphatic carbocycles. The van der Waals surface area contributed by atoms with Crippen LogP contribution < -0.4 is 5.32 Å². The highest BCUT2D eigenvalue weighted by atomic mass is 79.9. The predicted molar refractivity (Wildman–Crippen MR) is 170 cm³/mol. The number of amidine groups is 1. The van der Waals surface area contributed by atoms with E-state index in [0.717, 1.165) is 38.8 Å². The van der Waals surface area contributed by atoms with Gasteiger partial charge in [0.25, 0.3) is 5.91 Å². The second kappa shape index (κ2) is 13.1. The average Bonchev–Trinajstić information content (AvgIpc) is 3.19. The SMILES string of the molecule is CCCN(OCC)C(=O)C1=Cc2ccc(Br)cc2N=C(NC(c2ccccc2)(c2ccccc2)c2ccccc2)C1. The summed E-state index contributed by atoms with van der Waals surface area (Å²) in [6.45, 7) is 4.86. The zero-order valence-corrected chi connectivity index (χ0v) is 25.0. The Hall–Kier alpha value is -4.00. The van der Waals surface area contributed by atoms with Crippen molar-refractivity contribution in [2.24, 2.45) is 4.99 Å². The van der Waals surface area contributed by atoms with Gasteiger partial charge in [0, 0.05) is 28.6 Å². The van der Waals surface area contributed by atoms with E-state index in [1.807, 2.05) is 56.3 Å². The number of amides is 1. The molecule has 0 fully saturated rings. The lowest BCUT2D eigenvalue weighted by atomic mass is 9.76. The van der Waals surface area contributed by atoms with Gasteiger partial charge in [-0.1, -0.05) is 120 Å². The fourth-order valence-electron chi connectivity index (χ4n) is 5.29. The van der Waals surface area contributed by atoms with Crippen LogP contribution in [-0.4, -0.2) is 30.0 Å². The summed E-state index contributed by atoms with van der Waals surface area (Å²) in [6.07, 6.45) is 3.05. The Morgan fingerprint density at radius 3 is 1.95 bits per heavy atom. The topological polar surface area (TPSA) is 53.9 Å². The Labute approximate surface area is 250 Å². The van der Waals surface area contributed by atoms with Gasteiger partial charge in [0.1, 0.15) is 11.4 Å². The van der Waals surface area contributed by atoms with Crippen LogP contribution in [0.25, 0.3) is 6.08 Å². The maximum absolute atomic E-state index is 13.9. The third-order valence-corrected chi connectivity index (χ3v) is 7.59. The van der Waals surface area contributed by atoms with Crippen LogP contribution in [0.5, 0.6) is 0 Å². The molecular weight excluding hydrogens is 574 g/mol. The standard InChI is InChI=1S/C35H34BrN3O2/c1-3-22-39(41-4-2)34(40)27-23-26-20-21-31(36)25-32(26)37-33(24-27)38-35(28-14-8-5-9-15-28,29-16-10-6-11-17-29)30-18-12-7-13-19-30/h5-21,23,25H,3-4,22,24H2,1-2H3,(H,37,38). The molecule has 0 bridgehead atoms. The second-order valence-corrected chi connectivity index (χ2v) is 10.8. The molecule has 1 aliphatic heterocycles. The molecule has 41 heavy (non-hydrogen) atoms. The van der Waals surface area contributed by atoms with Gasteiger partial charge in [0.05, 0.1) is 12.3 Å². The van der Waals surface area contributed by atoms with Crippen LogP contribution in [0.2, 0.25) is 0 Å². The number of rotatable bonds is 9. The molecular formula is C35H34BrN3O2. The first-order chi connectivity index (χ1) is 20.0. The fourth-order valence-corrected chi connectivity index (χ4v) is 5.64. The maximum Gasteiger partial charge on any atom is 0.273 e. The van der Waals surface area contributed by atoms with Crippen molar-refractivity contribution in [2.75, 3.05) is 13.2 Å². The van der Waals surface area contributed by atoms with Crippen LogP contribution >= 0.6 is 15.9 Å². The molecule has 1 heterocycles. The summed E-state index contributed by atoms with van der Waals surface area (Å²) in [4.78, 5) is 24.8. The van der Waals surface area contributed by atoms with Crippen molar-refractivity contribution in [1.29, 1.82) is 0 Å². The van der Waals surface area contributed by atoms with E-state index in [1.165, 1.54) is 5.06 Å². The van der Waals surface area contributed by atoms with Crippen LogP contribution in [-0.2, 0) is 15.2 Å². The molecule has 0 saturated heterocycles. The molecule has 0 aromatic heterocycles. The molecule has 0 spiro atoms. The van der Waals surface area contributed by atoms with E-state index in [-0.39, 0.29) is 5.91 Å². The Kier molecular flexibility index (Phi) is 9.12. The van der Waals surface area contributed by atoms with E-state index >= 15 is 0 Å². The summed E-state index contributed by atoms with van der Waals surface area (Å²) in [7, 11) is 0. The summed E-state index contributed by atoms with van der Waals surface area (Å²) < 4.78 is 0.921. The highest BCUT2D eigenvalue weighted by Crippen LogP contribution is 2.38. The fraction of sp³-hybridized carbons (Fsp3) is 0.200. The van der Waals surface area contributed by atoms with Gasteiger partial charge in [-0.05, 0) is 48.2 Å². The highest BCUT2D eigenvalue weighted by molar-refractivity contribution is 9.10. The largest absolute Gasteiger partial charge is 0.356 e. The summed E-state index contributed by atoms with van der Waals surface area (Å²) in [6, 6.07) is 37.2. The number of fused-ring (bicyclic) bond motifs is 1. The van der Waals surface area contributed by atoms with Crippen molar-refractivity contribution in [3.05, 3.63) is 141 Å². The Morgan fingerprint density at radius 2 is 1.44 bits per heavy atom. The Bertz CT molecular complexity index is 1430. The molecule has 1 N–H and O–H groups in total. The first-order valence-electron chi connectivity index (χ1n) is 14.0. The zero-order valence-electron chi connectivity index (χ0n) is 23.4. The quantitative estimate of drug-likeness (QED) is 0.155. The highest BCUT2D eigenvalue weighted by Gasteiger charge is 2.38. The van der Waals surface area contributed by atoms with Crippen molar-refractivity contribution in [3.63, 3.8) is 0 Å². The predicted octanol–water partition coefficient (Wildman–Crippen LogP) is 8.04. The minimum absolute atomic E-state index is 0.149. The number of hydrogen-bond donors (Lipinski definition) is 1. The normalized spacial score (nSPS) is 13.0. The van der Waals surface area contributed by atoms with Crippen LogP contribution in [0.4, 0.5) is 5.69 Å². The van der Waals surface area contributed by atoms with E-state index in [4.69, 9.17) is 9.83 Å². The molecule has 0 atom stereocenters. The lowest BCUT2D eigenvalue weighted by Gasteiger charge is -2.38. The molecule has 6 heteroatoms. The average molecular weight is 609 g/mol. The van der Waals surface area contributed by atoms with E-state index in [1.54, 1.807) is 0 Å². The first-order valence-corrected chi connectivity index (χ1v) is 14.8. The maximum atomic E-state index is 13.9. The molecule has 1 amide bonds. The third-order valence-electron chi connectivity index (χ3n) is 7.10. The lowest BCUT2D eigenvalue weighted by molar-refractivity contribution is -0.180. The Balaban J connectivity index is 1.69. The van der Waals surface area contributed by atoms with Gasteiger partial charge in [-0.15, -0.1) is 0 Å². The molecule has 5 rings (SSSR count). The van der Waals surface area contributed by atoms with E-state index in [2.05, 4.69) is 94.0 Å². The molecule has 0 unspecified atom stereocenters. The number of halogens is 1. The Morgan fingerprint density at radius 1 is 0.878 bits per heavy atom. The molecule has 4 aromatic rings. The van der Waals surface area contributed by atoms with Crippen LogP contribution in [0.3, 0.4) is 0 Å². The number of hydrogen-bond acceptors (Lipinski definition) is 4. The van der Waals surface area contributed by atoms with Crippen LogP contribution in [0, 0.1) is 0 Å². The van der Waals surface area contributed by atoms with E-state index in [9.17, 15) is 4.79 Å². The van der Waals surface area contributed by atoms with Crippen LogP contribution in [0.15, 0.2) is 124 Å². The number of aliphatic imine (C=N–C) groups is 1. The zero-order chi connectivity index (χ0) is 28.7. The summed E-state index contributed by atoms with van der Waals surface area (Å²) >= 11 is 3.61. The summed E-state index contributed by atoms with van der Waals surface area (Å²) in [5.41, 5.74) is 4.71. The molecule has 208 valence electrons. The third kappa shape index (κ3) is 6.19. The van der Waals surface area contributed by atoms with Gasteiger partial charge in [0.15, 0.2) is 0 Å². The van der Waals surface area contributed by atoms with E-state index in [0.29, 0.717) is 31.0 Å². The monoisotopic (exact) mass is 607 g/mol. The molecule has 5 nitrogen and oxygen atoms in total. The van der Waals surface area contributed by atoms with Gasteiger partial charge in [0.2, 0.25) is 0 Å². The number of hydroxylamine groups is 2. The summed E-state index contributed by atoms with van der Waals surface area (Å²) in [5, 5.41) is 5.37. The summed E-state index contributed by atoms with van der Waals surface area (Å²) in [5.74, 6) is 0.537. The van der Waals surface area contributed by atoms with Crippen molar-refractivity contribution in [3.8, 4) is 0 Å². The molecule has 0 radical (unpaired) electrons. The second-order valence-electron chi connectivity index (χ2n) is 9.91. The first kappa shape index (κ1) is 28.5. The number of nitrogens with zero attached hydrogens (tertiary/aromatic N) is 2. The lowest BCUT2D eigenvalue weighted by Crippen LogP contribution is -2.48. The minimum atomic E-state index is -0.768. The number of nitrogens with one attached hydrogen (secondary N) is 1.